The monoisotopic (exact) mass is 269 g/mol. The Morgan fingerprint density at radius 3 is 2.68 bits per heavy atom. The normalized spacial score (nSPS) is 10.0. The van der Waals surface area contributed by atoms with Gasteiger partial charge >= 0.3 is 5.97 Å². The van der Waals surface area contributed by atoms with Crippen LogP contribution in [0.2, 0.25) is 0 Å². The van der Waals surface area contributed by atoms with E-state index in [0.29, 0.717) is 6.61 Å². The zero-order chi connectivity index (χ0) is 14.3. The van der Waals surface area contributed by atoms with E-state index in [4.69, 9.17) is 15.2 Å². The average Bonchev–Trinajstić information content (AvgIpc) is 2.36. The molecule has 5 nitrogen and oxygen atoms in total. The minimum Gasteiger partial charge on any atom is -0.482 e. The van der Waals surface area contributed by atoms with E-state index in [2.05, 4.69) is 0 Å². The Morgan fingerprint density at radius 1 is 1.37 bits per heavy atom. The van der Waals surface area contributed by atoms with Crippen LogP contribution in [-0.2, 0) is 9.53 Å². The number of hydrogen-bond donors (Lipinski definition) is 1. The summed E-state index contributed by atoms with van der Waals surface area (Å²) in [5, 5.41) is 0. The van der Waals surface area contributed by atoms with Crippen molar-refractivity contribution in [2.75, 3.05) is 13.2 Å². The first-order valence-electron chi connectivity index (χ1n) is 5.92. The van der Waals surface area contributed by atoms with Gasteiger partial charge in [-0.25, -0.2) is 9.18 Å². The van der Waals surface area contributed by atoms with Gasteiger partial charge in [-0.05, 0) is 18.6 Å². The van der Waals surface area contributed by atoms with E-state index >= 15 is 0 Å². The molecule has 0 aliphatic heterocycles. The summed E-state index contributed by atoms with van der Waals surface area (Å²) in [6.07, 6.45) is 1.71. The zero-order valence-electron chi connectivity index (χ0n) is 10.6. The number of esters is 1. The van der Waals surface area contributed by atoms with E-state index in [0.717, 1.165) is 18.9 Å². The summed E-state index contributed by atoms with van der Waals surface area (Å²) in [6.45, 7) is 2.01. The number of primary amides is 1. The summed E-state index contributed by atoms with van der Waals surface area (Å²) in [5.41, 5.74) is 4.74. The lowest BCUT2D eigenvalue weighted by atomic mass is 10.2. The molecule has 0 aliphatic carbocycles. The smallest absolute Gasteiger partial charge is 0.344 e. The van der Waals surface area contributed by atoms with Crippen molar-refractivity contribution in [1.29, 1.82) is 0 Å². The maximum absolute atomic E-state index is 13.4. The number of halogens is 1. The second-order valence-corrected chi connectivity index (χ2v) is 3.87. The van der Waals surface area contributed by atoms with Crippen molar-refractivity contribution in [1.82, 2.24) is 0 Å². The maximum Gasteiger partial charge on any atom is 0.344 e. The van der Waals surface area contributed by atoms with E-state index in [9.17, 15) is 14.0 Å². The Kier molecular flexibility index (Phi) is 5.78. The van der Waals surface area contributed by atoms with Gasteiger partial charge in [0.25, 0.3) is 5.91 Å². The van der Waals surface area contributed by atoms with Crippen LogP contribution in [0.15, 0.2) is 18.2 Å². The van der Waals surface area contributed by atoms with E-state index in [1.165, 1.54) is 12.1 Å². The number of ether oxygens (including phenoxy) is 2. The second-order valence-electron chi connectivity index (χ2n) is 3.87. The Morgan fingerprint density at radius 2 is 2.11 bits per heavy atom. The number of benzene rings is 1. The number of unbranched alkanes of at least 4 members (excludes halogenated alkanes) is 1. The van der Waals surface area contributed by atoms with Gasteiger partial charge in [0.2, 0.25) is 0 Å². The molecule has 0 atom stereocenters. The fourth-order valence-electron chi connectivity index (χ4n) is 1.30. The van der Waals surface area contributed by atoms with Crippen LogP contribution in [0.3, 0.4) is 0 Å². The lowest BCUT2D eigenvalue weighted by molar-refractivity contribution is -0.146. The van der Waals surface area contributed by atoms with Crippen LogP contribution >= 0.6 is 0 Å². The highest BCUT2D eigenvalue weighted by Crippen LogP contribution is 2.16. The Balaban J connectivity index is 2.48. The Labute approximate surface area is 110 Å². The van der Waals surface area contributed by atoms with Crippen LogP contribution in [0, 0.1) is 5.82 Å². The maximum atomic E-state index is 13.4. The first-order valence-corrected chi connectivity index (χ1v) is 5.92. The van der Waals surface area contributed by atoms with Gasteiger partial charge in [-0.2, -0.15) is 0 Å². The highest BCUT2D eigenvalue weighted by molar-refractivity contribution is 5.93. The van der Waals surface area contributed by atoms with Gasteiger partial charge in [0.05, 0.1) is 12.2 Å². The molecule has 0 bridgehead atoms. The van der Waals surface area contributed by atoms with E-state index < -0.39 is 17.7 Å². The molecule has 0 unspecified atom stereocenters. The van der Waals surface area contributed by atoms with Crippen LogP contribution in [-0.4, -0.2) is 25.1 Å². The summed E-state index contributed by atoms with van der Waals surface area (Å²) >= 11 is 0. The van der Waals surface area contributed by atoms with E-state index in [1.54, 1.807) is 0 Å². The zero-order valence-corrected chi connectivity index (χ0v) is 10.6. The summed E-state index contributed by atoms with van der Waals surface area (Å²) in [4.78, 5) is 22.0. The molecule has 0 fully saturated rings. The number of amides is 1. The Bertz CT molecular complexity index is 462. The summed E-state index contributed by atoms with van der Waals surface area (Å²) in [6, 6.07) is 3.57. The predicted molar refractivity (Wildman–Crippen MR) is 66.3 cm³/mol. The predicted octanol–water partition coefficient (Wildman–Crippen LogP) is 1.65. The number of rotatable bonds is 7. The van der Waals surface area contributed by atoms with Crippen LogP contribution in [0.25, 0.3) is 0 Å². The van der Waals surface area contributed by atoms with Crippen molar-refractivity contribution >= 4 is 11.9 Å². The highest BCUT2D eigenvalue weighted by atomic mass is 19.1. The molecule has 0 radical (unpaired) electrons. The number of carbonyl (C=O) groups excluding carboxylic acids is 2. The molecule has 0 heterocycles. The molecule has 1 amide bonds. The summed E-state index contributed by atoms with van der Waals surface area (Å²) < 4.78 is 23.3. The van der Waals surface area contributed by atoms with Crippen molar-refractivity contribution in [3.8, 4) is 5.75 Å². The fourth-order valence-corrected chi connectivity index (χ4v) is 1.30. The fraction of sp³-hybridized carbons (Fsp3) is 0.385. The molecule has 0 spiro atoms. The van der Waals surface area contributed by atoms with Crippen molar-refractivity contribution < 1.29 is 23.5 Å². The molecule has 0 aliphatic rings. The molecule has 104 valence electrons. The van der Waals surface area contributed by atoms with Crippen molar-refractivity contribution in [2.24, 2.45) is 5.73 Å². The molecule has 2 N–H and O–H groups in total. The van der Waals surface area contributed by atoms with Crippen LogP contribution < -0.4 is 10.5 Å². The minimum absolute atomic E-state index is 0.134. The molecule has 19 heavy (non-hydrogen) atoms. The second kappa shape index (κ2) is 7.35. The number of hydrogen-bond acceptors (Lipinski definition) is 4. The standard InChI is InChI=1S/C13H16FNO4/c1-2-3-6-18-12(16)8-19-9-4-5-10(13(15)17)11(14)7-9/h4-5,7H,2-3,6,8H2,1H3,(H2,15,17). The van der Waals surface area contributed by atoms with Gasteiger partial charge in [-0.15, -0.1) is 0 Å². The lowest BCUT2D eigenvalue weighted by Crippen LogP contribution is -2.16. The van der Waals surface area contributed by atoms with Crippen molar-refractivity contribution in [3.05, 3.63) is 29.6 Å². The van der Waals surface area contributed by atoms with Crippen LogP contribution in [0.1, 0.15) is 30.1 Å². The van der Waals surface area contributed by atoms with E-state index in [1.807, 2.05) is 6.92 Å². The van der Waals surface area contributed by atoms with E-state index in [-0.39, 0.29) is 17.9 Å². The largest absolute Gasteiger partial charge is 0.482 e. The first kappa shape index (κ1) is 14.9. The van der Waals surface area contributed by atoms with Gasteiger partial charge in [0.15, 0.2) is 6.61 Å². The molecular formula is C13H16FNO4. The molecule has 1 rings (SSSR count). The topological polar surface area (TPSA) is 78.6 Å². The molecule has 0 aromatic heterocycles. The highest BCUT2D eigenvalue weighted by Gasteiger charge is 2.10. The van der Waals surface area contributed by atoms with Gasteiger partial charge in [0, 0.05) is 6.07 Å². The van der Waals surface area contributed by atoms with Crippen molar-refractivity contribution in [3.63, 3.8) is 0 Å². The van der Waals surface area contributed by atoms with Crippen molar-refractivity contribution in [2.45, 2.75) is 19.8 Å². The third kappa shape index (κ3) is 4.95. The van der Waals surface area contributed by atoms with Crippen LogP contribution in [0.4, 0.5) is 4.39 Å². The Hall–Kier alpha value is -2.11. The van der Waals surface area contributed by atoms with Gasteiger partial charge in [-0.1, -0.05) is 13.3 Å². The molecule has 1 aromatic carbocycles. The summed E-state index contributed by atoms with van der Waals surface area (Å²) in [5.74, 6) is -2.03. The third-order valence-electron chi connectivity index (χ3n) is 2.32. The molecule has 0 saturated heterocycles. The van der Waals surface area contributed by atoms with Gasteiger partial charge < -0.3 is 15.2 Å². The minimum atomic E-state index is -0.858. The number of nitrogens with two attached hydrogens (primary N) is 1. The lowest BCUT2D eigenvalue weighted by Gasteiger charge is -2.07. The summed E-state index contributed by atoms with van der Waals surface area (Å²) in [7, 11) is 0. The SMILES string of the molecule is CCCCOC(=O)COc1ccc(C(N)=O)c(F)c1. The van der Waals surface area contributed by atoms with Gasteiger partial charge in [-0.3, -0.25) is 4.79 Å². The molecule has 0 saturated carbocycles. The van der Waals surface area contributed by atoms with Crippen LogP contribution in [0.5, 0.6) is 5.75 Å². The van der Waals surface area contributed by atoms with Gasteiger partial charge in [0.1, 0.15) is 11.6 Å². The molecule has 6 heteroatoms. The third-order valence-corrected chi connectivity index (χ3v) is 2.32. The average molecular weight is 269 g/mol. The number of carbonyl (C=O) groups is 2. The quantitative estimate of drug-likeness (QED) is 0.603. The first-order chi connectivity index (χ1) is 9.04. The molecular weight excluding hydrogens is 253 g/mol. The molecule has 1 aromatic rings.